The molecule has 2 aromatic rings. The number of amides is 1. The van der Waals surface area contributed by atoms with Crippen LogP contribution in [0.25, 0.3) is 10.2 Å². The number of rotatable bonds is 2. The van der Waals surface area contributed by atoms with Crippen molar-refractivity contribution in [2.75, 3.05) is 18.0 Å². The van der Waals surface area contributed by atoms with Crippen LogP contribution in [0, 0.1) is 0 Å². The van der Waals surface area contributed by atoms with E-state index in [9.17, 15) is 4.79 Å². The first-order valence-corrected chi connectivity index (χ1v) is 7.05. The van der Waals surface area contributed by atoms with Gasteiger partial charge in [-0.1, -0.05) is 0 Å². The summed E-state index contributed by atoms with van der Waals surface area (Å²) in [5, 5.41) is 2.02. The molecule has 0 aliphatic carbocycles. The second kappa shape index (κ2) is 4.79. The summed E-state index contributed by atoms with van der Waals surface area (Å²) in [5.74, 6) is -0.409. The molecule has 0 bridgehead atoms. The average molecular weight is 277 g/mol. The molecule has 0 unspecified atom stereocenters. The minimum atomic E-state index is -0.549. The lowest BCUT2D eigenvalue weighted by Crippen LogP contribution is -2.51. The number of morpholine rings is 1. The molecule has 2 N–H and O–H groups in total. The maximum Gasteiger partial charge on any atom is 0.248 e. The van der Waals surface area contributed by atoms with Crippen LogP contribution in [-0.4, -0.2) is 36.2 Å². The van der Waals surface area contributed by atoms with Crippen LogP contribution in [0.2, 0.25) is 0 Å². The van der Waals surface area contributed by atoms with Crippen molar-refractivity contribution in [3.63, 3.8) is 0 Å². The van der Waals surface area contributed by atoms with E-state index in [4.69, 9.17) is 10.5 Å². The fourth-order valence-corrected chi connectivity index (χ4v) is 3.31. The van der Waals surface area contributed by atoms with Gasteiger partial charge < -0.3 is 15.4 Å². The summed E-state index contributed by atoms with van der Waals surface area (Å²) in [5.41, 5.74) is 7.44. The molecule has 6 heteroatoms. The molecular weight excluding hydrogens is 262 g/mol. The molecule has 1 aliphatic rings. The third kappa shape index (κ3) is 2.29. The number of hydrogen-bond acceptors (Lipinski definition) is 5. The molecule has 2 atom stereocenters. The SMILES string of the molecule is C[C@@H]1CN(c2ccnc3ccsc23)C[C@H](C(N)=O)O1. The number of pyridine rings is 1. The molecule has 1 saturated heterocycles. The van der Waals surface area contributed by atoms with E-state index in [1.54, 1.807) is 17.5 Å². The summed E-state index contributed by atoms with van der Waals surface area (Å²) < 4.78 is 6.70. The zero-order chi connectivity index (χ0) is 13.4. The highest BCUT2D eigenvalue weighted by atomic mass is 32.1. The van der Waals surface area contributed by atoms with Crippen LogP contribution in [0.5, 0.6) is 0 Å². The maximum atomic E-state index is 11.4. The number of primary amides is 1. The number of nitrogens with two attached hydrogens (primary N) is 1. The summed E-state index contributed by atoms with van der Waals surface area (Å²) in [7, 11) is 0. The van der Waals surface area contributed by atoms with Crippen LogP contribution in [0.4, 0.5) is 5.69 Å². The van der Waals surface area contributed by atoms with Crippen molar-refractivity contribution in [1.82, 2.24) is 4.98 Å². The van der Waals surface area contributed by atoms with Gasteiger partial charge in [-0.05, 0) is 24.4 Å². The number of carbonyl (C=O) groups excluding carboxylic acids is 1. The summed E-state index contributed by atoms with van der Waals surface area (Å²) >= 11 is 1.66. The van der Waals surface area contributed by atoms with Crippen molar-refractivity contribution >= 4 is 33.1 Å². The second-order valence-electron chi connectivity index (χ2n) is 4.71. The Hall–Kier alpha value is -1.66. The van der Waals surface area contributed by atoms with Gasteiger partial charge in [-0.15, -0.1) is 11.3 Å². The highest BCUT2D eigenvalue weighted by molar-refractivity contribution is 7.17. The summed E-state index contributed by atoms with van der Waals surface area (Å²) in [4.78, 5) is 17.8. The van der Waals surface area contributed by atoms with Crippen LogP contribution >= 0.6 is 11.3 Å². The molecule has 0 radical (unpaired) electrons. The average Bonchev–Trinajstić information content (AvgIpc) is 2.85. The molecule has 19 heavy (non-hydrogen) atoms. The molecule has 0 aromatic carbocycles. The standard InChI is InChI=1S/C13H15N3O2S/c1-8-6-16(7-11(18-8)13(14)17)10-2-4-15-9-3-5-19-12(9)10/h2-5,8,11H,6-7H2,1H3,(H2,14,17)/t8-,11-/m1/s1. The van der Waals surface area contributed by atoms with E-state index >= 15 is 0 Å². The first-order chi connectivity index (χ1) is 9.15. The van der Waals surface area contributed by atoms with Crippen molar-refractivity contribution < 1.29 is 9.53 Å². The zero-order valence-electron chi connectivity index (χ0n) is 10.6. The minimum absolute atomic E-state index is 0.0190. The summed E-state index contributed by atoms with van der Waals surface area (Å²) in [6.45, 7) is 3.20. The number of hydrogen-bond donors (Lipinski definition) is 1. The Morgan fingerprint density at radius 2 is 2.37 bits per heavy atom. The molecule has 3 rings (SSSR count). The highest BCUT2D eigenvalue weighted by Gasteiger charge is 2.29. The van der Waals surface area contributed by atoms with Gasteiger partial charge in [0.05, 0.1) is 28.6 Å². The zero-order valence-corrected chi connectivity index (χ0v) is 11.4. The number of fused-ring (bicyclic) bond motifs is 1. The highest BCUT2D eigenvalue weighted by Crippen LogP contribution is 2.31. The Morgan fingerprint density at radius 1 is 1.53 bits per heavy atom. The Labute approximate surface area is 115 Å². The van der Waals surface area contributed by atoms with Gasteiger partial charge in [0, 0.05) is 12.7 Å². The topological polar surface area (TPSA) is 68.5 Å². The number of carbonyl (C=O) groups is 1. The Balaban J connectivity index is 1.96. The Bertz CT molecular complexity index is 613. The van der Waals surface area contributed by atoms with Gasteiger partial charge in [0.2, 0.25) is 5.91 Å². The predicted octanol–water partition coefficient (Wildman–Crippen LogP) is 1.38. The van der Waals surface area contributed by atoms with Gasteiger partial charge >= 0.3 is 0 Å². The number of thiophene rings is 1. The smallest absolute Gasteiger partial charge is 0.248 e. The number of nitrogens with zero attached hydrogens (tertiary/aromatic N) is 2. The monoisotopic (exact) mass is 277 g/mol. The van der Waals surface area contributed by atoms with Crippen molar-refractivity contribution in [3.8, 4) is 0 Å². The van der Waals surface area contributed by atoms with Crippen molar-refractivity contribution in [3.05, 3.63) is 23.7 Å². The Kier molecular flexibility index (Phi) is 3.12. The molecule has 5 nitrogen and oxygen atoms in total. The largest absolute Gasteiger partial charge is 0.367 e. The lowest BCUT2D eigenvalue weighted by atomic mass is 10.2. The van der Waals surface area contributed by atoms with Gasteiger partial charge in [0.15, 0.2) is 6.10 Å². The van der Waals surface area contributed by atoms with E-state index in [1.165, 1.54) is 0 Å². The third-order valence-electron chi connectivity index (χ3n) is 3.24. The lowest BCUT2D eigenvalue weighted by Gasteiger charge is -2.37. The van der Waals surface area contributed by atoms with Crippen LogP contribution in [0.15, 0.2) is 23.7 Å². The molecular formula is C13H15N3O2S. The molecule has 2 aromatic heterocycles. The fourth-order valence-electron chi connectivity index (χ4n) is 2.41. The molecule has 3 heterocycles. The van der Waals surface area contributed by atoms with Crippen molar-refractivity contribution in [2.45, 2.75) is 19.1 Å². The van der Waals surface area contributed by atoms with E-state index in [2.05, 4.69) is 9.88 Å². The number of aromatic nitrogens is 1. The van der Waals surface area contributed by atoms with Crippen LogP contribution in [-0.2, 0) is 9.53 Å². The van der Waals surface area contributed by atoms with Gasteiger partial charge in [0.25, 0.3) is 0 Å². The van der Waals surface area contributed by atoms with E-state index in [1.807, 2.05) is 24.4 Å². The minimum Gasteiger partial charge on any atom is -0.367 e. The van der Waals surface area contributed by atoms with E-state index in [0.29, 0.717) is 6.54 Å². The molecule has 1 amide bonds. The molecule has 1 aliphatic heterocycles. The van der Waals surface area contributed by atoms with Gasteiger partial charge in [-0.2, -0.15) is 0 Å². The third-order valence-corrected chi connectivity index (χ3v) is 4.17. The normalized spacial score (nSPS) is 23.7. The van der Waals surface area contributed by atoms with Gasteiger partial charge in [-0.25, -0.2) is 0 Å². The van der Waals surface area contributed by atoms with Crippen LogP contribution in [0.1, 0.15) is 6.92 Å². The quantitative estimate of drug-likeness (QED) is 0.900. The predicted molar refractivity (Wildman–Crippen MR) is 75.4 cm³/mol. The maximum absolute atomic E-state index is 11.4. The molecule has 0 saturated carbocycles. The van der Waals surface area contributed by atoms with Crippen LogP contribution < -0.4 is 10.6 Å². The van der Waals surface area contributed by atoms with Crippen molar-refractivity contribution in [1.29, 1.82) is 0 Å². The Morgan fingerprint density at radius 3 is 3.16 bits per heavy atom. The molecule has 1 fully saturated rings. The van der Waals surface area contributed by atoms with E-state index in [0.717, 1.165) is 22.4 Å². The fraction of sp³-hybridized carbons (Fsp3) is 0.385. The van der Waals surface area contributed by atoms with Crippen molar-refractivity contribution in [2.24, 2.45) is 5.73 Å². The van der Waals surface area contributed by atoms with E-state index in [-0.39, 0.29) is 6.10 Å². The number of ether oxygens (including phenoxy) is 1. The first kappa shape index (κ1) is 12.4. The molecule has 100 valence electrons. The molecule has 0 spiro atoms. The van der Waals surface area contributed by atoms with E-state index < -0.39 is 12.0 Å². The van der Waals surface area contributed by atoms with Gasteiger partial charge in [-0.3, -0.25) is 9.78 Å². The summed E-state index contributed by atoms with van der Waals surface area (Å²) in [6.07, 6.45) is 1.23. The number of anilines is 1. The van der Waals surface area contributed by atoms with Crippen LogP contribution in [0.3, 0.4) is 0 Å². The van der Waals surface area contributed by atoms with Gasteiger partial charge in [0.1, 0.15) is 0 Å². The first-order valence-electron chi connectivity index (χ1n) is 6.17. The lowest BCUT2D eigenvalue weighted by molar-refractivity contribution is -0.133. The second-order valence-corrected chi connectivity index (χ2v) is 5.62. The summed E-state index contributed by atoms with van der Waals surface area (Å²) in [6, 6.07) is 3.98.